The largest absolute Gasteiger partial charge is 0.478 e. The van der Waals surface area contributed by atoms with Crippen molar-refractivity contribution in [1.29, 1.82) is 0 Å². The Morgan fingerprint density at radius 3 is 2.54 bits per heavy atom. The predicted molar refractivity (Wildman–Crippen MR) is 101 cm³/mol. The highest BCUT2D eigenvalue weighted by Crippen LogP contribution is 2.34. The van der Waals surface area contributed by atoms with E-state index in [2.05, 4.69) is 0 Å². The van der Waals surface area contributed by atoms with Crippen molar-refractivity contribution < 1.29 is 27.9 Å². The number of carbonyl (C=O) groups excluding carboxylic acids is 1. The van der Waals surface area contributed by atoms with Crippen molar-refractivity contribution in [2.24, 2.45) is 11.8 Å². The SMILES string of the molecule is CC(=C/C(=O)O)/C=C/C1C(/C=C/c2ccccc2C(F)(F)F)=CC(=O)CC1C. The molecule has 3 nitrogen and oxygen atoms in total. The average molecular weight is 390 g/mol. The van der Waals surface area contributed by atoms with E-state index in [1.807, 2.05) is 6.92 Å². The summed E-state index contributed by atoms with van der Waals surface area (Å²) < 4.78 is 39.5. The zero-order valence-corrected chi connectivity index (χ0v) is 15.5. The molecule has 0 bridgehead atoms. The third kappa shape index (κ3) is 5.81. The summed E-state index contributed by atoms with van der Waals surface area (Å²) in [5.74, 6) is -1.40. The summed E-state index contributed by atoms with van der Waals surface area (Å²) in [5, 5.41) is 8.79. The average Bonchev–Trinajstić information content (AvgIpc) is 2.57. The Morgan fingerprint density at radius 2 is 1.89 bits per heavy atom. The highest BCUT2D eigenvalue weighted by molar-refractivity contribution is 5.92. The van der Waals surface area contributed by atoms with Gasteiger partial charge in [0.05, 0.1) is 5.56 Å². The molecule has 1 aromatic carbocycles. The molecule has 0 radical (unpaired) electrons. The van der Waals surface area contributed by atoms with E-state index in [-0.39, 0.29) is 23.2 Å². The van der Waals surface area contributed by atoms with Crippen LogP contribution >= 0.6 is 0 Å². The number of carboxylic acid groups (broad SMARTS) is 1. The molecular formula is C22H21F3O3. The Bertz CT molecular complexity index is 873. The van der Waals surface area contributed by atoms with Crippen molar-refractivity contribution in [3.05, 3.63) is 76.9 Å². The number of rotatable bonds is 5. The molecule has 1 N–H and O–H groups in total. The number of allylic oxidation sites excluding steroid dienone is 6. The second kappa shape index (κ2) is 8.87. The number of hydrogen-bond acceptors (Lipinski definition) is 2. The number of ketones is 1. The minimum Gasteiger partial charge on any atom is -0.478 e. The number of benzene rings is 1. The molecule has 6 heteroatoms. The van der Waals surface area contributed by atoms with Crippen LogP contribution in [0.4, 0.5) is 13.2 Å². The number of hydrogen-bond donors (Lipinski definition) is 1. The summed E-state index contributed by atoms with van der Waals surface area (Å²) in [6.07, 6.45) is 4.69. The summed E-state index contributed by atoms with van der Waals surface area (Å²) in [7, 11) is 0. The first-order valence-electron chi connectivity index (χ1n) is 8.76. The number of aliphatic carboxylic acids is 1. The van der Waals surface area contributed by atoms with Crippen LogP contribution in [0.2, 0.25) is 0 Å². The lowest BCUT2D eigenvalue weighted by atomic mass is 9.78. The fourth-order valence-corrected chi connectivity index (χ4v) is 3.16. The molecule has 1 aliphatic rings. The van der Waals surface area contributed by atoms with E-state index in [4.69, 9.17) is 5.11 Å². The highest BCUT2D eigenvalue weighted by Gasteiger charge is 2.32. The van der Waals surface area contributed by atoms with Gasteiger partial charge in [0.15, 0.2) is 5.78 Å². The molecule has 0 aromatic heterocycles. The molecule has 0 heterocycles. The lowest BCUT2D eigenvalue weighted by molar-refractivity contribution is -0.137. The summed E-state index contributed by atoms with van der Waals surface area (Å²) in [4.78, 5) is 22.7. The van der Waals surface area contributed by atoms with E-state index in [0.29, 0.717) is 17.6 Å². The topological polar surface area (TPSA) is 54.4 Å². The smallest absolute Gasteiger partial charge is 0.416 e. The highest BCUT2D eigenvalue weighted by atomic mass is 19.4. The Morgan fingerprint density at radius 1 is 1.21 bits per heavy atom. The summed E-state index contributed by atoms with van der Waals surface area (Å²) in [6.45, 7) is 3.52. The van der Waals surface area contributed by atoms with E-state index >= 15 is 0 Å². The molecular weight excluding hydrogens is 369 g/mol. The standard InChI is InChI=1S/C22H21F3O3/c1-14(11-21(27)28)7-10-19-15(2)12-18(26)13-17(19)9-8-16-5-3-4-6-20(16)22(23,24)25/h3-11,13,15,19H,12H2,1-2H3,(H,27,28)/b9-8+,10-7+,14-11-. The van der Waals surface area contributed by atoms with Gasteiger partial charge in [0, 0.05) is 18.4 Å². The molecule has 28 heavy (non-hydrogen) atoms. The first-order chi connectivity index (χ1) is 13.1. The van der Waals surface area contributed by atoms with E-state index in [0.717, 1.165) is 12.1 Å². The van der Waals surface area contributed by atoms with Gasteiger partial charge in [0.2, 0.25) is 0 Å². The zero-order chi connectivity index (χ0) is 20.9. The van der Waals surface area contributed by atoms with Gasteiger partial charge >= 0.3 is 12.1 Å². The van der Waals surface area contributed by atoms with E-state index in [1.165, 1.54) is 36.4 Å². The molecule has 2 atom stereocenters. The second-order valence-corrected chi connectivity index (χ2v) is 6.82. The van der Waals surface area contributed by atoms with Crippen LogP contribution in [0.3, 0.4) is 0 Å². The van der Waals surface area contributed by atoms with Crippen LogP contribution in [0, 0.1) is 11.8 Å². The number of alkyl halides is 3. The van der Waals surface area contributed by atoms with Crippen LogP contribution in [0.5, 0.6) is 0 Å². The van der Waals surface area contributed by atoms with Crippen molar-refractivity contribution in [3.63, 3.8) is 0 Å². The van der Waals surface area contributed by atoms with Gasteiger partial charge in [-0.25, -0.2) is 4.79 Å². The Kier molecular flexibility index (Phi) is 6.78. The normalized spacial score (nSPS) is 21.4. The van der Waals surface area contributed by atoms with E-state index in [1.54, 1.807) is 19.1 Å². The maximum atomic E-state index is 13.2. The maximum absolute atomic E-state index is 13.2. The Labute approximate surface area is 161 Å². The third-order valence-corrected chi connectivity index (χ3v) is 4.49. The van der Waals surface area contributed by atoms with Gasteiger partial charge in [-0.3, -0.25) is 4.79 Å². The summed E-state index contributed by atoms with van der Waals surface area (Å²) >= 11 is 0. The maximum Gasteiger partial charge on any atom is 0.416 e. The van der Waals surface area contributed by atoms with Crippen molar-refractivity contribution in [3.8, 4) is 0 Å². The molecule has 1 aromatic rings. The number of carbonyl (C=O) groups is 2. The van der Waals surface area contributed by atoms with Crippen molar-refractivity contribution in [1.82, 2.24) is 0 Å². The molecule has 0 aliphatic heterocycles. The minimum absolute atomic E-state index is 0.0197. The van der Waals surface area contributed by atoms with Gasteiger partial charge in [-0.2, -0.15) is 13.2 Å². The van der Waals surface area contributed by atoms with E-state index < -0.39 is 17.7 Å². The van der Waals surface area contributed by atoms with Gasteiger partial charge < -0.3 is 5.11 Å². The molecule has 0 saturated heterocycles. The van der Waals surface area contributed by atoms with Gasteiger partial charge in [-0.15, -0.1) is 0 Å². The Hall–Kier alpha value is -2.89. The van der Waals surface area contributed by atoms with Crippen LogP contribution < -0.4 is 0 Å². The first-order valence-corrected chi connectivity index (χ1v) is 8.76. The van der Waals surface area contributed by atoms with Crippen LogP contribution in [-0.2, 0) is 15.8 Å². The molecule has 2 unspecified atom stereocenters. The quantitative estimate of drug-likeness (QED) is 0.537. The number of halogens is 3. The van der Waals surface area contributed by atoms with Crippen LogP contribution in [0.15, 0.2) is 65.8 Å². The van der Waals surface area contributed by atoms with Crippen LogP contribution in [0.1, 0.15) is 31.4 Å². The fourth-order valence-electron chi connectivity index (χ4n) is 3.16. The lowest BCUT2D eigenvalue weighted by Gasteiger charge is -2.26. The molecule has 0 saturated carbocycles. The van der Waals surface area contributed by atoms with Crippen molar-refractivity contribution >= 4 is 17.8 Å². The van der Waals surface area contributed by atoms with Crippen LogP contribution in [-0.4, -0.2) is 16.9 Å². The molecule has 148 valence electrons. The van der Waals surface area contributed by atoms with Gasteiger partial charge in [-0.1, -0.05) is 49.4 Å². The number of carboxylic acids is 1. The molecule has 0 amide bonds. The lowest BCUT2D eigenvalue weighted by Crippen LogP contribution is -2.20. The van der Waals surface area contributed by atoms with Gasteiger partial charge in [0.25, 0.3) is 0 Å². The predicted octanol–water partition coefficient (Wildman–Crippen LogP) is 5.46. The van der Waals surface area contributed by atoms with Crippen LogP contribution in [0.25, 0.3) is 6.08 Å². The molecule has 2 rings (SSSR count). The minimum atomic E-state index is -4.47. The molecule has 0 fully saturated rings. The third-order valence-electron chi connectivity index (χ3n) is 4.49. The second-order valence-electron chi connectivity index (χ2n) is 6.82. The van der Waals surface area contributed by atoms with Crippen molar-refractivity contribution in [2.75, 3.05) is 0 Å². The first kappa shape index (κ1) is 21.4. The van der Waals surface area contributed by atoms with E-state index in [9.17, 15) is 22.8 Å². The van der Waals surface area contributed by atoms with Crippen molar-refractivity contribution in [2.45, 2.75) is 26.4 Å². The Balaban J connectivity index is 2.36. The monoisotopic (exact) mass is 390 g/mol. The molecule has 1 aliphatic carbocycles. The fraction of sp³-hybridized carbons (Fsp3) is 0.273. The summed E-state index contributed by atoms with van der Waals surface area (Å²) in [5.41, 5.74) is 0.406. The molecule has 0 spiro atoms. The zero-order valence-electron chi connectivity index (χ0n) is 15.5. The summed E-state index contributed by atoms with van der Waals surface area (Å²) in [6, 6.07) is 5.24. The van der Waals surface area contributed by atoms with Gasteiger partial charge in [0.1, 0.15) is 0 Å². The van der Waals surface area contributed by atoms with Gasteiger partial charge in [-0.05, 0) is 41.7 Å².